The number of aromatic nitrogens is 3. The Kier molecular flexibility index (Phi) is 3.35. The van der Waals surface area contributed by atoms with E-state index in [1.54, 1.807) is 35.1 Å². The van der Waals surface area contributed by atoms with Crippen molar-refractivity contribution in [3.05, 3.63) is 58.2 Å². The van der Waals surface area contributed by atoms with Gasteiger partial charge in [-0.2, -0.15) is 5.10 Å². The van der Waals surface area contributed by atoms with Crippen molar-refractivity contribution in [1.82, 2.24) is 14.2 Å². The van der Waals surface area contributed by atoms with Gasteiger partial charge in [0, 0.05) is 17.2 Å². The molecule has 0 saturated carbocycles. The Labute approximate surface area is 132 Å². The Morgan fingerprint density at radius 1 is 1.39 bits per heavy atom. The van der Waals surface area contributed by atoms with E-state index < -0.39 is 5.91 Å². The number of nitrogens with two attached hydrogens (primary N) is 1. The maximum Gasteiger partial charge on any atom is 0.291 e. The third-order valence-electron chi connectivity index (χ3n) is 3.60. The second kappa shape index (κ2) is 5.12. The summed E-state index contributed by atoms with van der Waals surface area (Å²) in [6, 6.07) is 5.10. The van der Waals surface area contributed by atoms with E-state index in [1.807, 2.05) is 20.8 Å². The molecule has 3 aromatic heterocycles. The highest BCUT2D eigenvalue weighted by molar-refractivity contribution is 5.90. The number of carbonyl (C=O) groups is 1. The Morgan fingerprint density at radius 2 is 2.13 bits per heavy atom. The van der Waals surface area contributed by atoms with Crippen LogP contribution in [-0.4, -0.2) is 20.1 Å². The zero-order chi connectivity index (χ0) is 16.8. The van der Waals surface area contributed by atoms with Crippen LogP contribution in [0.25, 0.3) is 5.52 Å². The summed E-state index contributed by atoms with van der Waals surface area (Å²) in [5.74, 6) is 0.0705. The first kappa shape index (κ1) is 15.1. The van der Waals surface area contributed by atoms with E-state index in [4.69, 9.17) is 10.2 Å². The summed E-state index contributed by atoms with van der Waals surface area (Å²) in [6.07, 6.45) is 3.33. The summed E-state index contributed by atoms with van der Waals surface area (Å²) in [4.78, 5) is 23.8. The molecule has 0 unspecified atom stereocenters. The number of fused-ring (bicyclic) bond motifs is 1. The van der Waals surface area contributed by atoms with Crippen LogP contribution in [0.2, 0.25) is 0 Å². The summed E-state index contributed by atoms with van der Waals surface area (Å²) in [7, 11) is 0. The molecule has 0 radical (unpaired) electrons. The van der Waals surface area contributed by atoms with Gasteiger partial charge in [-0.15, -0.1) is 0 Å². The largest absolute Gasteiger partial charge is 0.455 e. The Morgan fingerprint density at radius 3 is 2.78 bits per heavy atom. The average molecular weight is 314 g/mol. The first-order valence-corrected chi connectivity index (χ1v) is 7.23. The van der Waals surface area contributed by atoms with Gasteiger partial charge >= 0.3 is 0 Å². The van der Waals surface area contributed by atoms with Crippen molar-refractivity contribution in [2.45, 2.75) is 32.7 Å². The zero-order valence-electron chi connectivity index (χ0n) is 13.2. The van der Waals surface area contributed by atoms with E-state index in [2.05, 4.69) is 5.10 Å². The lowest BCUT2D eigenvalue weighted by atomic mass is 9.90. The highest BCUT2D eigenvalue weighted by Gasteiger charge is 2.25. The van der Waals surface area contributed by atoms with E-state index in [9.17, 15) is 9.59 Å². The van der Waals surface area contributed by atoms with Gasteiger partial charge in [0.15, 0.2) is 5.76 Å². The normalized spacial score (nSPS) is 12.0. The molecule has 0 aliphatic heterocycles. The number of rotatable bonds is 3. The molecular weight excluding hydrogens is 296 g/mol. The van der Waals surface area contributed by atoms with Crippen LogP contribution in [-0.2, 0) is 12.0 Å². The summed E-state index contributed by atoms with van der Waals surface area (Å²) >= 11 is 0. The minimum atomic E-state index is -0.635. The lowest BCUT2D eigenvalue weighted by Gasteiger charge is -2.17. The Balaban J connectivity index is 2.09. The van der Waals surface area contributed by atoms with Crippen LogP contribution in [0.1, 0.15) is 42.6 Å². The minimum absolute atomic E-state index is 0.0849. The monoisotopic (exact) mass is 314 g/mol. The Hall–Kier alpha value is -2.83. The van der Waals surface area contributed by atoms with Crippen molar-refractivity contribution in [1.29, 1.82) is 0 Å². The fraction of sp³-hybridized carbons (Fsp3) is 0.312. The number of hydrogen-bond acceptors (Lipinski definition) is 4. The maximum absolute atomic E-state index is 12.5. The molecule has 0 fully saturated rings. The van der Waals surface area contributed by atoms with Crippen molar-refractivity contribution in [3.63, 3.8) is 0 Å². The standard InChI is InChI=1S/C16H18N4O3/c1-16(2,3)13-10(7-12(23-13)14(17)21)8-20-15(22)11-5-4-6-19(11)9-18-20/h4-7,9H,8H2,1-3H3,(H2,17,21). The molecule has 0 aliphatic rings. The van der Waals surface area contributed by atoms with Gasteiger partial charge in [-0.25, -0.2) is 4.68 Å². The molecule has 3 aromatic rings. The molecule has 0 atom stereocenters. The van der Waals surface area contributed by atoms with Crippen molar-refractivity contribution in [3.8, 4) is 0 Å². The van der Waals surface area contributed by atoms with Crippen LogP contribution < -0.4 is 11.3 Å². The summed E-state index contributed by atoms with van der Waals surface area (Å²) in [5.41, 5.74) is 6.02. The molecule has 0 saturated heterocycles. The first-order valence-electron chi connectivity index (χ1n) is 7.23. The number of amides is 1. The SMILES string of the molecule is CC(C)(C)c1oc(C(N)=O)cc1Cn1ncn2cccc2c1=O. The molecule has 0 aromatic carbocycles. The van der Waals surface area contributed by atoms with Crippen LogP contribution in [0.15, 0.2) is 39.9 Å². The number of hydrogen-bond donors (Lipinski definition) is 1. The predicted molar refractivity (Wildman–Crippen MR) is 84.5 cm³/mol. The van der Waals surface area contributed by atoms with Gasteiger partial charge in [0.25, 0.3) is 11.5 Å². The van der Waals surface area contributed by atoms with Crippen molar-refractivity contribution < 1.29 is 9.21 Å². The van der Waals surface area contributed by atoms with E-state index in [0.29, 0.717) is 11.3 Å². The van der Waals surface area contributed by atoms with Gasteiger partial charge in [0.05, 0.1) is 6.54 Å². The maximum atomic E-state index is 12.5. The van der Waals surface area contributed by atoms with E-state index >= 15 is 0 Å². The second-order valence-electron chi connectivity index (χ2n) is 6.47. The van der Waals surface area contributed by atoms with Crippen molar-refractivity contribution in [2.75, 3.05) is 0 Å². The molecule has 0 bridgehead atoms. The predicted octanol–water partition coefficient (Wildman–Crippen LogP) is 1.53. The molecule has 1 amide bonds. The van der Waals surface area contributed by atoms with Crippen molar-refractivity contribution in [2.24, 2.45) is 5.73 Å². The van der Waals surface area contributed by atoms with E-state index in [-0.39, 0.29) is 23.3 Å². The summed E-state index contributed by atoms with van der Waals surface area (Å²) < 4.78 is 8.61. The van der Waals surface area contributed by atoms with Gasteiger partial charge in [-0.1, -0.05) is 20.8 Å². The molecule has 7 heteroatoms. The first-order chi connectivity index (χ1) is 10.8. The lowest BCUT2D eigenvalue weighted by Crippen LogP contribution is -2.25. The van der Waals surface area contributed by atoms with E-state index in [1.165, 1.54) is 4.68 Å². The van der Waals surface area contributed by atoms with Crippen LogP contribution in [0.3, 0.4) is 0 Å². The highest BCUT2D eigenvalue weighted by Crippen LogP contribution is 2.29. The zero-order valence-corrected chi connectivity index (χ0v) is 13.2. The van der Waals surface area contributed by atoms with Crippen LogP contribution in [0.5, 0.6) is 0 Å². The van der Waals surface area contributed by atoms with E-state index in [0.717, 1.165) is 5.56 Å². The molecule has 0 aliphatic carbocycles. The van der Waals surface area contributed by atoms with Gasteiger partial charge < -0.3 is 14.6 Å². The fourth-order valence-corrected chi connectivity index (χ4v) is 2.55. The number of primary amides is 1. The molecule has 7 nitrogen and oxygen atoms in total. The molecule has 120 valence electrons. The molecule has 0 spiro atoms. The third kappa shape index (κ3) is 2.65. The molecule has 3 rings (SSSR count). The summed E-state index contributed by atoms with van der Waals surface area (Å²) in [6.45, 7) is 6.11. The molecule has 2 N–H and O–H groups in total. The highest BCUT2D eigenvalue weighted by atomic mass is 16.4. The number of furan rings is 1. The fourth-order valence-electron chi connectivity index (χ4n) is 2.55. The van der Waals surface area contributed by atoms with Crippen LogP contribution >= 0.6 is 0 Å². The second-order valence-corrected chi connectivity index (χ2v) is 6.47. The molecule has 3 heterocycles. The number of carbonyl (C=O) groups excluding carboxylic acids is 1. The average Bonchev–Trinajstić information content (AvgIpc) is 3.08. The van der Waals surface area contributed by atoms with Gasteiger partial charge in [-0.05, 0) is 18.2 Å². The summed E-state index contributed by atoms with van der Waals surface area (Å²) in [5, 5.41) is 4.16. The van der Waals surface area contributed by atoms with Crippen LogP contribution in [0, 0.1) is 0 Å². The topological polar surface area (TPSA) is 95.5 Å². The minimum Gasteiger partial charge on any atom is -0.455 e. The Bertz CT molecular complexity index is 940. The van der Waals surface area contributed by atoms with Gasteiger partial charge in [-0.3, -0.25) is 9.59 Å². The van der Waals surface area contributed by atoms with Crippen molar-refractivity contribution >= 4 is 11.4 Å². The molecular formula is C16H18N4O3. The van der Waals surface area contributed by atoms with Crippen LogP contribution in [0.4, 0.5) is 0 Å². The molecule has 23 heavy (non-hydrogen) atoms. The van der Waals surface area contributed by atoms with Gasteiger partial charge in [0.2, 0.25) is 0 Å². The number of nitrogens with zero attached hydrogens (tertiary/aromatic N) is 3. The lowest BCUT2D eigenvalue weighted by molar-refractivity contribution is 0.0970. The smallest absolute Gasteiger partial charge is 0.291 e. The van der Waals surface area contributed by atoms with Gasteiger partial charge in [0.1, 0.15) is 17.6 Å². The quantitative estimate of drug-likeness (QED) is 0.793. The third-order valence-corrected chi connectivity index (χ3v) is 3.60.